The zero-order chi connectivity index (χ0) is 15.6. The number of benzene rings is 1. The Hall–Kier alpha value is -0.780. The van der Waals surface area contributed by atoms with Crippen molar-refractivity contribution in [3.8, 4) is 0 Å². The molecule has 0 amide bonds. The van der Waals surface area contributed by atoms with E-state index in [4.69, 9.17) is 23.8 Å². The Labute approximate surface area is 140 Å². The van der Waals surface area contributed by atoms with E-state index in [1.807, 2.05) is 17.0 Å². The molecule has 1 fully saturated rings. The second kappa shape index (κ2) is 6.55. The molecule has 1 aliphatic heterocycles. The second-order valence-electron chi connectivity index (χ2n) is 5.58. The maximum absolute atomic E-state index is 12.7. The molecule has 1 atom stereocenters. The van der Waals surface area contributed by atoms with Gasteiger partial charge in [0.05, 0.1) is 0 Å². The summed E-state index contributed by atoms with van der Waals surface area (Å²) in [6, 6.07) is 7.24. The summed E-state index contributed by atoms with van der Waals surface area (Å²) in [6.45, 7) is 7.01. The molecule has 0 radical (unpaired) electrons. The van der Waals surface area contributed by atoms with Crippen LogP contribution in [0.5, 0.6) is 0 Å². The van der Waals surface area contributed by atoms with E-state index < -0.39 is 0 Å². The SMILES string of the molecule is CCCN1C(=S)SC(C)(C)[C@@H]1/[N+]([O-])=C/c1ccc(Cl)cc1. The van der Waals surface area contributed by atoms with Gasteiger partial charge in [-0.3, -0.25) is 4.90 Å². The molecule has 21 heavy (non-hydrogen) atoms. The number of thiocarbonyl (C=S) groups is 1. The first kappa shape index (κ1) is 16.6. The smallest absolute Gasteiger partial charge is 0.254 e. The minimum atomic E-state index is -0.286. The Balaban J connectivity index is 2.31. The molecule has 0 N–H and O–H groups in total. The van der Waals surface area contributed by atoms with Crippen molar-refractivity contribution < 1.29 is 4.74 Å². The molecule has 0 aliphatic carbocycles. The van der Waals surface area contributed by atoms with Crippen LogP contribution in [0.25, 0.3) is 0 Å². The highest BCUT2D eigenvalue weighted by Crippen LogP contribution is 2.41. The lowest BCUT2D eigenvalue weighted by molar-refractivity contribution is -0.523. The topological polar surface area (TPSA) is 29.3 Å². The molecule has 0 spiro atoms. The number of hydrogen-bond donors (Lipinski definition) is 0. The molecule has 1 saturated heterocycles. The number of thioether (sulfide) groups is 1. The molecular formula is C15H19ClN2OS2. The number of nitrogens with zero attached hydrogens (tertiary/aromatic N) is 2. The lowest BCUT2D eigenvalue weighted by atomic mass is 10.1. The Morgan fingerprint density at radius 3 is 2.62 bits per heavy atom. The van der Waals surface area contributed by atoms with E-state index in [0.29, 0.717) is 5.02 Å². The van der Waals surface area contributed by atoms with E-state index in [0.717, 1.165) is 27.6 Å². The van der Waals surface area contributed by atoms with E-state index in [1.165, 1.54) is 0 Å². The van der Waals surface area contributed by atoms with Crippen LogP contribution < -0.4 is 0 Å². The molecule has 1 aliphatic rings. The largest absolute Gasteiger partial charge is 0.622 e. The Morgan fingerprint density at radius 2 is 2.05 bits per heavy atom. The summed E-state index contributed by atoms with van der Waals surface area (Å²) >= 11 is 12.9. The maximum Gasteiger partial charge on any atom is 0.254 e. The molecule has 1 aromatic rings. The van der Waals surface area contributed by atoms with Crippen molar-refractivity contribution in [2.24, 2.45) is 0 Å². The predicted octanol–water partition coefficient (Wildman–Crippen LogP) is 4.12. The zero-order valence-corrected chi connectivity index (χ0v) is 14.8. The van der Waals surface area contributed by atoms with E-state index >= 15 is 0 Å². The summed E-state index contributed by atoms with van der Waals surface area (Å²) in [5, 5.41) is 13.3. The minimum absolute atomic E-state index is 0.239. The molecule has 1 heterocycles. The van der Waals surface area contributed by atoms with E-state index in [9.17, 15) is 5.21 Å². The summed E-state index contributed by atoms with van der Waals surface area (Å²) in [6.07, 6.45) is 2.28. The van der Waals surface area contributed by atoms with Crippen LogP contribution in [0.15, 0.2) is 24.3 Å². The molecule has 1 aromatic carbocycles. The van der Waals surface area contributed by atoms with Crippen LogP contribution in [0.4, 0.5) is 0 Å². The summed E-state index contributed by atoms with van der Waals surface area (Å²) in [4.78, 5) is 2.03. The van der Waals surface area contributed by atoms with Crippen LogP contribution in [0.2, 0.25) is 5.02 Å². The summed E-state index contributed by atoms with van der Waals surface area (Å²) in [5.41, 5.74) is 0.837. The zero-order valence-electron chi connectivity index (χ0n) is 12.4. The van der Waals surface area contributed by atoms with Crippen LogP contribution in [-0.2, 0) is 0 Å². The predicted molar refractivity (Wildman–Crippen MR) is 95.3 cm³/mol. The third-order valence-corrected chi connectivity index (χ3v) is 5.24. The fraction of sp³-hybridized carbons (Fsp3) is 0.467. The van der Waals surface area contributed by atoms with Gasteiger partial charge in [-0.15, -0.1) is 0 Å². The molecule has 0 unspecified atom stereocenters. The molecular weight excluding hydrogens is 324 g/mol. The maximum atomic E-state index is 12.7. The standard InChI is InChI=1S/C15H19ClN2OS2/c1-4-9-17-13(15(2,3)21-14(17)20)18(19)10-11-5-7-12(16)8-6-11/h5-8,10,13H,4,9H2,1-3H3/b18-10-/t13-/m0/s1. The number of halogens is 1. The van der Waals surface area contributed by atoms with Crippen LogP contribution in [0, 0.1) is 5.21 Å². The highest BCUT2D eigenvalue weighted by atomic mass is 35.5. The minimum Gasteiger partial charge on any atom is -0.622 e. The average Bonchev–Trinajstić information content (AvgIpc) is 2.62. The van der Waals surface area contributed by atoms with Gasteiger partial charge >= 0.3 is 0 Å². The molecule has 2 rings (SSSR count). The Bertz CT molecular complexity index is 557. The molecule has 0 saturated carbocycles. The van der Waals surface area contributed by atoms with E-state index in [1.54, 1.807) is 30.1 Å². The average molecular weight is 343 g/mol. The first-order valence-corrected chi connectivity index (χ1v) is 8.51. The summed E-state index contributed by atoms with van der Waals surface area (Å²) < 4.78 is 1.58. The summed E-state index contributed by atoms with van der Waals surface area (Å²) in [5.74, 6) is 0. The van der Waals surface area contributed by atoms with Crippen molar-refractivity contribution in [3.05, 3.63) is 40.1 Å². The van der Waals surface area contributed by atoms with Gasteiger partial charge < -0.3 is 5.21 Å². The molecule has 3 nitrogen and oxygen atoms in total. The van der Waals surface area contributed by atoms with Gasteiger partial charge in [0.1, 0.15) is 9.07 Å². The molecule has 0 bridgehead atoms. The van der Waals surface area contributed by atoms with Crippen molar-refractivity contribution >= 4 is 46.1 Å². The van der Waals surface area contributed by atoms with Crippen LogP contribution >= 0.6 is 35.6 Å². The lowest BCUT2D eigenvalue weighted by Crippen LogP contribution is -2.48. The van der Waals surface area contributed by atoms with Gasteiger partial charge in [-0.1, -0.05) is 42.5 Å². The molecule has 6 heteroatoms. The van der Waals surface area contributed by atoms with E-state index in [-0.39, 0.29) is 10.9 Å². The lowest BCUT2D eigenvalue weighted by Gasteiger charge is -2.29. The van der Waals surface area contributed by atoms with Gasteiger partial charge in [0.15, 0.2) is 6.21 Å². The monoisotopic (exact) mass is 342 g/mol. The van der Waals surface area contributed by atoms with Crippen LogP contribution in [0.3, 0.4) is 0 Å². The highest BCUT2D eigenvalue weighted by molar-refractivity contribution is 8.24. The van der Waals surface area contributed by atoms with Gasteiger partial charge in [-0.25, -0.2) is 0 Å². The third-order valence-electron chi connectivity index (χ3n) is 3.35. The fourth-order valence-corrected chi connectivity index (χ4v) is 4.53. The third kappa shape index (κ3) is 3.71. The first-order chi connectivity index (χ1) is 9.85. The number of hydroxylamine groups is 1. The van der Waals surface area contributed by atoms with Crippen LogP contribution in [0.1, 0.15) is 32.8 Å². The van der Waals surface area contributed by atoms with Crippen molar-refractivity contribution in [3.63, 3.8) is 0 Å². The van der Waals surface area contributed by atoms with Gasteiger partial charge in [0.2, 0.25) is 0 Å². The van der Waals surface area contributed by atoms with E-state index in [2.05, 4.69) is 20.8 Å². The normalized spacial score (nSPS) is 21.9. The second-order valence-corrected chi connectivity index (χ2v) is 8.30. The van der Waals surface area contributed by atoms with Gasteiger partial charge in [-0.2, -0.15) is 4.74 Å². The van der Waals surface area contributed by atoms with Crippen molar-refractivity contribution in [1.82, 2.24) is 4.90 Å². The van der Waals surface area contributed by atoms with Gasteiger partial charge in [-0.05, 0) is 44.5 Å². The Kier molecular flexibility index (Phi) is 5.17. The highest BCUT2D eigenvalue weighted by Gasteiger charge is 2.49. The Morgan fingerprint density at radius 1 is 1.43 bits per heavy atom. The van der Waals surface area contributed by atoms with Gasteiger partial charge in [0, 0.05) is 17.1 Å². The van der Waals surface area contributed by atoms with Gasteiger partial charge in [0.25, 0.3) is 6.17 Å². The molecule has 114 valence electrons. The first-order valence-electron chi connectivity index (χ1n) is 6.90. The number of hydrogen-bond acceptors (Lipinski definition) is 3. The van der Waals surface area contributed by atoms with Crippen molar-refractivity contribution in [2.45, 2.75) is 38.1 Å². The van der Waals surface area contributed by atoms with Crippen molar-refractivity contribution in [2.75, 3.05) is 6.54 Å². The summed E-state index contributed by atoms with van der Waals surface area (Å²) in [7, 11) is 0. The fourth-order valence-electron chi connectivity index (χ4n) is 2.48. The number of rotatable bonds is 4. The van der Waals surface area contributed by atoms with Crippen LogP contribution in [-0.4, -0.2) is 37.6 Å². The molecule has 0 aromatic heterocycles. The quantitative estimate of drug-likeness (QED) is 0.271. The van der Waals surface area contributed by atoms with Crippen molar-refractivity contribution in [1.29, 1.82) is 0 Å².